The van der Waals surface area contributed by atoms with Crippen LogP contribution in [0.4, 0.5) is 0 Å². The fraction of sp³-hybridized carbons (Fsp3) is 0.438. The van der Waals surface area contributed by atoms with Gasteiger partial charge in [-0.2, -0.15) is 10.5 Å². The fourth-order valence-electron chi connectivity index (χ4n) is 3.87. The average molecular weight is 296 g/mol. The van der Waals surface area contributed by atoms with Crippen molar-refractivity contribution in [1.82, 2.24) is 0 Å². The van der Waals surface area contributed by atoms with Crippen LogP contribution in [0.1, 0.15) is 17.0 Å². The van der Waals surface area contributed by atoms with Crippen molar-refractivity contribution in [3.8, 4) is 12.1 Å². The number of hydrogen-bond donors (Lipinski definition) is 1. The molecule has 1 heterocycles. The zero-order valence-corrected chi connectivity index (χ0v) is 12.6. The Bertz CT molecular complexity index is 756. The summed E-state index contributed by atoms with van der Waals surface area (Å²) in [4.78, 5) is 4.18. The van der Waals surface area contributed by atoms with Crippen LogP contribution in [0.5, 0.6) is 0 Å². The highest BCUT2D eigenvalue weighted by molar-refractivity contribution is 6.00. The molecule has 0 radical (unpaired) electrons. The lowest BCUT2D eigenvalue weighted by Gasteiger charge is -2.29. The number of aliphatic imine (C=N–C) groups is 1. The summed E-state index contributed by atoms with van der Waals surface area (Å²) >= 11 is 0. The normalized spacial score (nSPS) is 34.2. The van der Waals surface area contributed by atoms with E-state index in [-0.39, 0.29) is 5.84 Å². The van der Waals surface area contributed by atoms with E-state index in [0.29, 0.717) is 0 Å². The van der Waals surface area contributed by atoms with Gasteiger partial charge in [0.05, 0.1) is 12.1 Å². The second kappa shape index (κ2) is 4.30. The van der Waals surface area contributed by atoms with E-state index >= 15 is 0 Å². The monoisotopic (exact) mass is 296 g/mol. The van der Waals surface area contributed by atoms with E-state index < -0.39 is 22.7 Å². The number of fused-ring (bicyclic) bond motifs is 1. The summed E-state index contributed by atoms with van der Waals surface area (Å²) in [7, 11) is 2.80. The summed E-state index contributed by atoms with van der Waals surface area (Å²) in [5.74, 6) is -1.91. The van der Waals surface area contributed by atoms with Gasteiger partial charge in [-0.15, -0.1) is 0 Å². The van der Waals surface area contributed by atoms with Crippen molar-refractivity contribution in [2.24, 2.45) is 21.6 Å². The molecule has 0 unspecified atom stereocenters. The maximum absolute atomic E-state index is 9.89. The predicted molar refractivity (Wildman–Crippen MR) is 78.4 cm³/mol. The lowest BCUT2D eigenvalue weighted by molar-refractivity contribution is -0.230. The second-order valence-corrected chi connectivity index (χ2v) is 5.67. The van der Waals surface area contributed by atoms with Crippen molar-refractivity contribution in [1.29, 1.82) is 10.5 Å². The minimum absolute atomic E-state index is 0.0896. The molecule has 3 atom stereocenters. The van der Waals surface area contributed by atoms with Crippen LogP contribution in [0.15, 0.2) is 29.3 Å². The van der Waals surface area contributed by atoms with Crippen LogP contribution in [-0.4, -0.2) is 26.0 Å². The van der Waals surface area contributed by atoms with Crippen LogP contribution >= 0.6 is 0 Å². The van der Waals surface area contributed by atoms with E-state index in [2.05, 4.69) is 17.1 Å². The van der Waals surface area contributed by atoms with Gasteiger partial charge >= 0.3 is 0 Å². The number of benzene rings is 1. The fourth-order valence-corrected chi connectivity index (χ4v) is 3.87. The first-order valence-corrected chi connectivity index (χ1v) is 6.85. The standard InChI is InChI=1S/C16H16N4O2/c1-10-5-4-6-11(7-10)12-14(8-17)13(19)20-16(21-2,22-3)15(12,14)9-18/h4-7,12H,1-3H3,(H2,19,20)/t12-,14+,15-/m1/s1. The molecule has 1 aliphatic heterocycles. The highest BCUT2D eigenvalue weighted by Crippen LogP contribution is 2.81. The molecule has 0 aromatic heterocycles. The molecule has 3 rings (SSSR count). The third-order valence-corrected chi connectivity index (χ3v) is 4.86. The largest absolute Gasteiger partial charge is 0.386 e. The Hall–Kier alpha value is -2.41. The number of aryl methyl sites for hydroxylation is 1. The van der Waals surface area contributed by atoms with Crippen LogP contribution < -0.4 is 5.73 Å². The molecule has 22 heavy (non-hydrogen) atoms. The van der Waals surface area contributed by atoms with E-state index in [0.717, 1.165) is 11.1 Å². The Labute approximate surface area is 128 Å². The van der Waals surface area contributed by atoms with Crippen LogP contribution in [0, 0.1) is 40.4 Å². The molecule has 0 amide bonds. The number of nitrogens with two attached hydrogens (primary N) is 1. The lowest BCUT2D eigenvalue weighted by atomic mass is 9.93. The van der Waals surface area contributed by atoms with Gasteiger partial charge in [0.2, 0.25) is 0 Å². The number of rotatable bonds is 3. The van der Waals surface area contributed by atoms with Crippen molar-refractivity contribution in [3.63, 3.8) is 0 Å². The number of amidine groups is 1. The molecule has 1 aromatic rings. The maximum atomic E-state index is 9.89. The molecular weight excluding hydrogens is 280 g/mol. The number of methoxy groups -OCH3 is 2. The van der Waals surface area contributed by atoms with E-state index in [1.165, 1.54) is 14.2 Å². The second-order valence-electron chi connectivity index (χ2n) is 5.67. The van der Waals surface area contributed by atoms with Crippen LogP contribution in [0.3, 0.4) is 0 Å². The van der Waals surface area contributed by atoms with Crippen molar-refractivity contribution in [2.45, 2.75) is 18.8 Å². The maximum Gasteiger partial charge on any atom is 0.292 e. The third-order valence-electron chi connectivity index (χ3n) is 4.86. The van der Waals surface area contributed by atoms with Gasteiger partial charge in [-0.25, -0.2) is 4.99 Å². The molecule has 6 heteroatoms. The molecular formula is C16H16N4O2. The van der Waals surface area contributed by atoms with E-state index in [4.69, 9.17) is 15.2 Å². The van der Waals surface area contributed by atoms with Gasteiger partial charge in [-0.05, 0) is 12.5 Å². The number of hydrogen-bond acceptors (Lipinski definition) is 6. The Morgan fingerprint density at radius 2 is 1.91 bits per heavy atom. The smallest absolute Gasteiger partial charge is 0.292 e. The first-order valence-electron chi connectivity index (χ1n) is 6.85. The van der Waals surface area contributed by atoms with Crippen molar-refractivity contribution in [2.75, 3.05) is 14.2 Å². The molecule has 0 saturated heterocycles. The van der Waals surface area contributed by atoms with E-state index in [9.17, 15) is 10.5 Å². The van der Waals surface area contributed by atoms with Gasteiger partial charge in [-0.1, -0.05) is 29.8 Å². The zero-order chi connectivity index (χ0) is 16.2. The van der Waals surface area contributed by atoms with Gasteiger partial charge in [0, 0.05) is 20.1 Å². The Morgan fingerprint density at radius 3 is 2.41 bits per heavy atom. The Morgan fingerprint density at radius 1 is 1.23 bits per heavy atom. The van der Waals surface area contributed by atoms with Crippen LogP contribution in [-0.2, 0) is 9.47 Å². The molecule has 1 aliphatic carbocycles. The van der Waals surface area contributed by atoms with Gasteiger partial charge in [0.15, 0.2) is 5.41 Å². The molecule has 2 aliphatic rings. The van der Waals surface area contributed by atoms with Gasteiger partial charge in [0.25, 0.3) is 5.91 Å². The molecule has 1 fully saturated rings. The average Bonchev–Trinajstić information content (AvgIpc) is 3.11. The zero-order valence-electron chi connectivity index (χ0n) is 12.6. The van der Waals surface area contributed by atoms with Crippen molar-refractivity contribution in [3.05, 3.63) is 35.4 Å². The van der Waals surface area contributed by atoms with Crippen molar-refractivity contribution < 1.29 is 9.47 Å². The SMILES string of the molecule is COC1(OC)N=C(N)[C@]2(C#N)[C@@H](c3cccc(C)c3)[C@@]12C#N. The number of ether oxygens (including phenoxy) is 2. The van der Waals surface area contributed by atoms with Gasteiger partial charge in [-0.3, -0.25) is 0 Å². The van der Waals surface area contributed by atoms with Gasteiger partial charge < -0.3 is 15.2 Å². The highest BCUT2D eigenvalue weighted by atomic mass is 16.7. The summed E-state index contributed by atoms with van der Waals surface area (Å²) in [6, 6.07) is 12.1. The first kappa shape index (κ1) is 14.5. The Balaban J connectivity index is 2.26. The van der Waals surface area contributed by atoms with E-state index in [1.807, 2.05) is 31.2 Å². The molecule has 1 aromatic carbocycles. The van der Waals surface area contributed by atoms with Crippen LogP contribution in [0.25, 0.3) is 0 Å². The van der Waals surface area contributed by atoms with Crippen molar-refractivity contribution >= 4 is 5.84 Å². The molecule has 0 bridgehead atoms. The first-order chi connectivity index (χ1) is 10.5. The van der Waals surface area contributed by atoms with Gasteiger partial charge in [0.1, 0.15) is 11.3 Å². The third kappa shape index (κ3) is 1.24. The molecule has 1 saturated carbocycles. The number of nitriles is 2. The minimum atomic E-state index is -1.56. The predicted octanol–water partition coefficient (Wildman–Crippen LogP) is 1.43. The van der Waals surface area contributed by atoms with E-state index in [1.54, 1.807) is 0 Å². The molecule has 6 nitrogen and oxygen atoms in total. The topological polar surface area (TPSA) is 104 Å². The quantitative estimate of drug-likeness (QED) is 0.849. The summed E-state index contributed by atoms with van der Waals surface area (Å²) in [6.45, 7) is 1.96. The molecule has 2 N–H and O–H groups in total. The summed E-state index contributed by atoms with van der Waals surface area (Å²) < 4.78 is 10.8. The molecule has 0 spiro atoms. The van der Waals surface area contributed by atoms with Crippen LogP contribution in [0.2, 0.25) is 0 Å². The summed E-state index contributed by atoms with van der Waals surface area (Å²) in [5.41, 5.74) is 5.43. The minimum Gasteiger partial charge on any atom is -0.386 e. The summed E-state index contributed by atoms with van der Waals surface area (Å²) in [6.07, 6.45) is 0. The highest BCUT2D eigenvalue weighted by Gasteiger charge is 2.93. The summed E-state index contributed by atoms with van der Waals surface area (Å²) in [5, 5.41) is 19.7. The lowest BCUT2D eigenvalue weighted by Crippen LogP contribution is -2.41. The molecule has 112 valence electrons. The Kier molecular flexibility index (Phi) is 2.84. The number of nitrogens with zero attached hydrogens (tertiary/aromatic N) is 3.